The number of nitrogens with one attached hydrogen (secondary N) is 1. The van der Waals surface area contributed by atoms with Crippen LogP contribution in [0.15, 0.2) is 18.2 Å². The molecule has 106 valence electrons. The number of benzene rings is 1. The van der Waals surface area contributed by atoms with Crippen LogP contribution in [0.1, 0.15) is 25.8 Å². The predicted molar refractivity (Wildman–Crippen MR) is 77.9 cm³/mol. The van der Waals surface area contributed by atoms with Gasteiger partial charge in [0.05, 0.1) is 5.02 Å². The van der Waals surface area contributed by atoms with Crippen molar-refractivity contribution in [1.82, 2.24) is 10.2 Å². The number of rotatable bonds is 4. The molecule has 2 nitrogen and oxygen atoms in total. The van der Waals surface area contributed by atoms with Gasteiger partial charge in [0.1, 0.15) is 5.82 Å². The molecular weight excluding hydrogens is 263 g/mol. The molecule has 1 atom stereocenters. The van der Waals surface area contributed by atoms with Crippen LogP contribution < -0.4 is 5.32 Å². The zero-order chi connectivity index (χ0) is 13.8. The van der Waals surface area contributed by atoms with Gasteiger partial charge in [-0.1, -0.05) is 31.5 Å². The van der Waals surface area contributed by atoms with Gasteiger partial charge in [-0.2, -0.15) is 0 Å². The number of nitrogens with zero attached hydrogens (tertiary/aromatic N) is 1. The summed E-state index contributed by atoms with van der Waals surface area (Å²) in [5.74, 6) is 0.351. The average molecular weight is 285 g/mol. The van der Waals surface area contributed by atoms with Gasteiger partial charge in [0, 0.05) is 32.2 Å². The lowest BCUT2D eigenvalue weighted by molar-refractivity contribution is 0.134. The summed E-state index contributed by atoms with van der Waals surface area (Å²) in [4.78, 5) is 2.44. The summed E-state index contributed by atoms with van der Waals surface area (Å²) in [5, 5.41) is 3.64. The van der Waals surface area contributed by atoms with Crippen LogP contribution in [0.3, 0.4) is 0 Å². The Morgan fingerprint density at radius 3 is 2.95 bits per heavy atom. The number of hydrogen-bond acceptors (Lipinski definition) is 2. The zero-order valence-electron chi connectivity index (χ0n) is 11.6. The Hall–Kier alpha value is -0.640. The minimum absolute atomic E-state index is 0.197. The fraction of sp³-hybridized carbons (Fsp3) is 0.600. The summed E-state index contributed by atoms with van der Waals surface area (Å²) in [6, 6.07) is 5.65. The van der Waals surface area contributed by atoms with E-state index in [0.717, 1.165) is 31.7 Å². The summed E-state index contributed by atoms with van der Waals surface area (Å²) in [7, 11) is 0. The minimum atomic E-state index is -0.324. The van der Waals surface area contributed by atoms with Gasteiger partial charge in [-0.05, 0) is 30.0 Å². The number of piperazine rings is 1. The lowest BCUT2D eigenvalue weighted by Gasteiger charge is -2.37. The Labute approximate surface area is 119 Å². The first-order chi connectivity index (χ1) is 9.06. The summed E-state index contributed by atoms with van der Waals surface area (Å²) in [5.41, 5.74) is 0.998. The Balaban J connectivity index is 2.04. The van der Waals surface area contributed by atoms with E-state index in [4.69, 9.17) is 11.6 Å². The largest absolute Gasteiger partial charge is 0.314 e. The number of hydrogen-bond donors (Lipinski definition) is 1. The van der Waals surface area contributed by atoms with Crippen molar-refractivity contribution < 1.29 is 4.39 Å². The highest BCUT2D eigenvalue weighted by molar-refractivity contribution is 6.30. The predicted octanol–water partition coefficient (Wildman–Crippen LogP) is 3.30. The Kier molecular flexibility index (Phi) is 5.20. The third-order valence-corrected chi connectivity index (χ3v) is 3.89. The van der Waals surface area contributed by atoms with Gasteiger partial charge in [-0.25, -0.2) is 4.39 Å². The molecule has 1 N–H and O–H groups in total. The lowest BCUT2D eigenvalue weighted by Crippen LogP contribution is -2.51. The maximum Gasteiger partial charge on any atom is 0.142 e. The van der Waals surface area contributed by atoms with Crippen molar-refractivity contribution in [1.29, 1.82) is 0 Å². The van der Waals surface area contributed by atoms with Gasteiger partial charge in [0.15, 0.2) is 0 Å². The molecule has 1 unspecified atom stereocenters. The van der Waals surface area contributed by atoms with E-state index in [1.54, 1.807) is 12.1 Å². The Morgan fingerprint density at radius 2 is 2.26 bits per heavy atom. The molecule has 0 amide bonds. The van der Waals surface area contributed by atoms with Crippen LogP contribution in [-0.2, 0) is 6.54 Å². The molecule has 1 saturated heterocycles. The average Bonchev–Trinajstić information content (AvgIpc) is 2.36. The molecule has 0 aromatic heterocycles. The van der Waals surface area contributed by atoms with Crippen molar-refractivity contribution in [2.24, 2.45) is 5.92 Å². The van der Waals surface area contributed by atoms with Crippen LogP contribution >= 0.6 is 11.6 Å². The summed E-state index contributed by atoms with van der Waals surface area (Å²) >= 11 is 5.72. The molecule has 1 fully saturated rings. The highest BCUT2D eigenvalue weighted by atomic mass is 35.5. The van der Waals surface area contributed by atoms with Gasteiger partial charge in [-0.3, -0.25) is 4.90 Å². The van der Waals surface area contributed by atoms with Crippen molar-refractivity contribution in [2.45, 2.75) is 32.9 Å². The highest BCUT2D eigenvalue weighted by Crippen LogP contribution is 2.20. The van der Waals surface area contributed by atoms with Gasteiger partial charge < -0.3 is 5.32 Å². The molecular formula is C15H22ClFN2. The molecule has 1 aromatic rings. The van der Waals surface area contributed by atoms with Crippen LogP contribution in [0, 0.1) is 11.7 Å². The first-order valence-corrected chi connectivity index (χ1v) is 7.32. The highest BCUT2D eigenvalue weighted by Gasteiger charge is 2.23. The van der Waals surface area contributed by atoms with Crippen LogP contribution in [0.4, 0.5) is 4.39 Å². The minimum Gasteiger partial charge on any atom is -0.314 e. The van der Waals surface area contributed by atoms with Crippen LogP contribution in [0.25, 0.3) is 0 Å². The molecule has 1 heterocycles. The quantitative estimate of drug-likeness (QED) is 0.913. The molecule has 1 aromatic carbocycles. The number of halogens is 2. The van der Waals surface area contributed by atoms with E-state index in [-0.39, 0.29) is 10.8 Å². The fourth-order valence-corrected chi connectivity index (χ4v) is 2.78. The van der Waals surface area contributed by atoms with Crippen LogP contribution in [-0.4, -0.2) is 30.6 Å². The monoisotopic (exact) mass is 284 g/mol. The maximum atomic E-state index is 13.5. The van der Waals surface area contributed by atoms with E-state index in [9.17, 15) is 4.39 Å². The standard InChI is InChI=1S/C15H22ClFN2/c1-11(2)7-13-9-18-5-6-19(13)10-12-3-4-14(16)15(17)8-12/h3-4,8,11,13,18H,5-7,9-10H2,1-2H3. The SMILES string of the molecule is CC(C)CC1CNCCN1Cc1ccc(Cl)c(F)c1. The third kappa shape index (κ3) is 4.16. The molecule has 1 aliphatic rings. The summed E-state index contributed by atoms with van der Waals surface area (Å²) in [6.45, 7) is 8.33. The molecule has 0 bridgehead atoms. The van der Waals surface area contributed by atoms with E-state index in [2.05, 4.69) is 24.1 Å². The van der Waals surface area contributed by atoms with E-state index in [1.807, 2.05) is 6.07 Å². The van der Waals surface area contributed by atoms with Crippen molar-refractivity contribution in [3.05, 3.63) is 34.6 Å². The normalized spacial score (nSPS) is 21.0. The second-order valence-electron chi connectivity index (χ2n) is 5.71. The van der Waals surface area contributed by atoms with Gasteiger partial charge >= 0.3 is 0 Å². The first kappa shape index (κ1) is 14.8. The molecule has 4 heteroatoms. The van der Waals surface area contributed by atoms with E-state index in [1.165, 1.54) is 6.42 Å². The van der Waals surface area contributed by atoms with Gasteiger partial charge in [0.2, 0.25) is 0 Å². The van der Waals surface area contributed by atoms with Crippen molar-refractivity contribution in [3.63, 3.8) is 0 Å². The van der Waals surface area contributed by atoms with Crippen LogP contribution in [0.2, 0.25) is 5.02 Å². The molecule has 1 aliphatic heterocycles. The zero-order valence-corrected chi connectivity index (χ0v) is 12.4. The fourth-order valence-electron chi connectivity index (χ4n) is 2.66. The summed E-state index contributed by atoms with van der Waals surface area (Å²) in [6.07, 6.45) is 1.17. The lowest BCUT2D eigenvalue weighted by atomic mass is 10.00. The molecule has 2 rings (SSSR count). The maximum absolute atomic E-state index is 13.5. The van der Waals surface area contributed by atoms with Gasteiger partial charge in [0.25, 0.3) is 0 Å². The van der Waals surface area contributed by atoms with E-state index >= 15 is 0 Å². The van der Waals surface area contributed by atoms with E-state index in [0.29, 0.717) is 12.0 Å². The Bertz CT molecular complexity index is 423. The first-order valence-electron chi connectivity index (χ1n) is 6.95. The van der Waals surface area contributed by atoms with Crippen molar-refractivity contribution in [3.8, 4) is 0 Å². The molecule has 0 radical (unpaired) electrons. The molecule has 19 heavy (non-hydrogen) atoms. The van der Waals surface area contributed by atoms with Crippen molar-refractivity contribution >= 4 is 11.6 Å². The summed E-state index contributed by atoms with van der Waals surface area (Å²) < 4.78 is 13.5. The van der Waals surface area contributed by atoms with Crippen molar-refractivity contribution in [2.75, 3.05) is 19.6 Å². The molecule has 0 saturated carbocycles. The molecule has 0 spiro atoms. The van der Waals surface area contributed by atoms with E-state index < -0.39 is 0 Å². The smallest absolute Gasteiger partial charge is 0.142 e. The van der Waals surface area contributed by atoms with Gasteiger partial charge in [-0.15, -0.1) is 0 Å². The second kappa shape index (κ2) is 6.69. The van der Waals surface area contributed by atoms with Crippen LogP contribution in [0.5, 0.6) is 0 Å². The molecule has 0 aliphatic carbocycles. The second-order valence-corrected chi connectivity index (χ2v) is 6.11. The third-order valence-electron chi connectivity index (χ3n) is 3.59. The Morgan fingerprint density at radius 1 is 1.47 bits per heavy atom. The topological polar surface area (TPSA) is 15.3 Å².